The van der Waals surface area contributed by atoms with E-state index < -0.39 is 0 Å². The van der Waals surface area contributed by atoms with E-state index in [4.69, 9.17) is 9.47 Å². The van der Waals surface area contributed by atoms with Crippen molar-refractivity contribution < 1.29 is 14.3 Å². The smallest absolute Gasteiger partial charge is 0.274 e. The van der Waals surface area contributed by atoms with E-state index in [0.717, 1.165) is 11.3 Å². The molecule has 144 valence electrons. The normalized spacial score (nSPS) is 10.3. The van der Waals surface area contributed by atoms with Gasteiger partial charge in [0.15, 0.2) is 0 Å². The first-order valence-electron chi connectivity index (χ1n) is 8.71. The molecular weight excluding hydrogens is 356 g/mol. The highest BCUT2D eigenvalue weighted by molar-refractivity contribution is 6.04. The molecule has 3 rings (SSSR count). The molecule has 1 amide bonds. The number of hydrogen-bond acceptors (Lipinski definition) is 6. The molecule has 0 aliphatic rings. The van der Waals surface area contributed by atoms with Crippen LogP contribution in [0, 0.1) is 13.8 Å². The number of anilines is 3. The Kier molecular flexibility index (Phi) is 5.74. The molecule has 0 saturated heterocycles. The lowest BCUT2D eigenvalue weighted by atomic mass is 10.2. The average molecular weight is 378 g/mol. The summed E-state index contributed by atoms with van der Waals surface area (Å²) >= 11 is 0. The molecule has 0 spiro atoms. The Labute approximate surface area is 163 Å². The number of methoxy groups -OCH3 is 2. The van der Waals surface area contributed by atoms with Crippen molar-refractivity contribution in [3.05, 3.63) is 65.5 Å². The van der Waals surface area contributed by atoms with Gasteiger partial charge < -0.3 is 20.1 Å². The molecule has 0 bridgehead atoms. The van der Waals surface area contributed by atoms with Crippen LogP contribution >= 0.6 is 0 Å². The third kappa shape index (κ3) is 4.56. The van der Waals surface area contributed by atoms with E-state index in [2.05, 4.69) is 20.6 Å². The Balaban J connectivity index is 1.84. The van der Waals surface area contributed by atoms with E-state index in [-0.39, 0.29) is 11.6 Å². The summed E-state index contributed by atoms with van der Waals surface area (Å²) in [6.45, 7) is 3.83. The first-order valence-corrected chi connectivity index (χ1v) is 8.71. The number of carbonyl (C=O) groups is 1. The molecule has 0 aliphatic carbocycles. The molecule has 3 aromatic rings. The maximum Gasteiger partial charge on any atom is 0.274 e. The second-order valence-corrected chi connectivity index (χ2v) is 6.23. The number of nitrogens with zero attached hydrogens (tertiary/aromatic N) is 2. The van der Waals surface area contributed by atoms with Crippen LogP contribution in [0.15, 0.2) is 48.5 Å². The van der Waals surface area contributed by atoms with Crippen LogP contribution in [0.25, 0.3) is 0 Å². The molecule has 0 atom stereocenters. The van der Waals surface area contributed by atoms with Crippen LogP contribution in [-0.2, 0) is 0 Å². The van der Waals surface area contributed by atoms with E-state index in [1.807, 2.05) is 38.1 Å². The SMILES string of the molecule is COc1ccc(OC)c(NC(=O)c2cc(C)nc(Nc3ccc(C)cc3)n2)c1. The zero-order valence-corrected chi connectivity index (χ0v) is 16.2. The van der Waals surface area contributed by atoms with Gasteiger partial charge in [0.1, 0.15) is 17.2 Å². The number of benzene rings is 2. The lowest BCUT2D eigenvalue weighted by Crippen LogP contribution is -2.16. The highest BCUT2D eigenvalue weighted by Gasteiger charge is 2.14. The van der Waals surface area contributed by atoms with E-state index in [1.54, 1.807) is 31.4 Å². The summed E-state index contributed by atoms with van der Waals surface area (Å²) in [5, 5.41) is 5.94. The predicted octanol–water partition coefficient (Wildman–Crippen LogP) is 4.11. The summed E-state index contributed by atoms with van der Waals surface area (Å²) < 4.78 is 10.5. The van der Waals surface area contributed by atoms with Gasteiger partial charge in [0.25, 0.3) is 5.91 Å². The molecule has 1 aromatic heterocycles. The number of amides is 1. The lowest BCUT2D eigenvalue weighted by Gasteiger charge is -2.12. The van der Waals surface area contributed by atoms with Crippen LogP contribution in [0.4, 0.5) is 17.3 Å². The monoisotopic (exact) mass is 378 g/mol. The Morgan fingerprint density at radius 1 is 0.929 bits per heavy atom. The molecule has 1 heterocycles. The molecule has 7 nitrogen and oxygen atoms in total. The summed E-state index contributed by atoms with van der Waals surface area (Å²) in [6.07, 6.45) is 0. The molecular formula is C21H22N4O3. The van der Waals surface area contributed by atoms with Crippen molar-refractivity contribution in [2.45, 2.75) is 13.8 Å². The van der Waals surface area contributed by atoms with E-state index in [0.29, 0.717) is 28.8 Å². The first kappa shape index (κ1) is 19.2. The van der Waals surface area contributed by atoms with Gasteiger partial charge in [-0.2, -0.15) is 0 Å². The van der Waals surface area contributed by atoms with Gasteiger partial charge in [0.2, 0.25) is 5.95 Å². The van der Waals surface area contributed by atoms with Crippen LogP contribution < -0.4 is 20.1 Å². The first-order chi connectivity index (χ1) is 13.5. The summed E-state index contributed by atoms with van der Waals surface area (Å²) in [5.41, 5.74) is 3.41. The fourth-order valence-electron chi connectivity index (χ4n) is 2.60. The Morgan fingerprint density at radius 3 is 2.36 bits per heavy atom. The van der Waals surface area contributed by atoms with Crippen LogP contribution in [0.3, 0.4) is 0 Å². The minimum Gasteiger partial charge on any atom is -0.497 e. The van der Waals surface area contributed by atoms with E-state index in [9.17, 15) is 4.79 Å². The third-order valence-corrected chi connectivity index (χ3v) is 4.05. The largest absolute Gasteiger partial charge is 0.497 e. The van der Waals surface area contributed by atoms with Crippen molar-refractivity contribution in [1.29, 1.82) is 0 Å². The zero-order chi connectivity index (χ0) is 20.1. The number of hydrogen-bond donors (Lipinski definition) is 2. The van der Waals surface area contributed by atoms with Gasteiger partial charge >= 0.3 is 0 Å². The number of aryl methyl sites for hydroxylation is 2. The molecule has 0 unspecified atom stereocenters. The Bertz CT molecular complexity index is 987. The summed E-state index contributed by atoms with van der Waals surface area (Å²) in [6, 6.07) is 14.6. The molecule has 0 fully saturated rings. The maximum absolute atomic E-state index is 12.8. The van der Waals surface area contributed by atoms with Crippen molar-refractivity contribution in [3.8, 4) is 11.5 Å². The minimum absolute atomic E-state index is 0.243. The summed E-state index contributed by atoms with van der Waals surface area (Å²) in [5.74, 6) is 1.12. The molecule has 2 aromatic carbocycles. The van der Waals surface area contributed by atoms with E-state index in [1.165, 1.54) is 7.11 Å². The molecule has 0 saturated carbocycles. The molecule has 7 heteroatoms. The maximum atomic E-state index is 12.8. The standard InChI is InChI=1S/C21H22N4O3/c1-13-5-7-15(8-6-13)23-21-22-14(2)11-18(25-21)20(26)24-17-12-16(27-3)9-10-19(17)28-4/h5-12H,1-4H3,(H,24,26)(H,22,23,25). The number of rotatable bonds is 6. The average Bonchev–Trinajstić information content (AvgIpc) is 2.69. The number of aromatic nitrogens is 2. The lowest BCUT2D eigenvalue weighted by molar-refractivity contribution is 0.102. The topological polar surface area (TPSA) is 85.4 Å². The Morgan fingerprint density at radius 2 is 1.68 bits per heavy atom. The van der Waals surface area contributed by atoms with Gasteiger partial charge in [0.05, 0.1) is 19.9 Å². The molecule has 0 radical (unpaired) electrons. The second kappa shape index (κ2) is 8.39. The van der Waals surface area contributed by atoms with Gasteiger partial charge in [-0.25, -0.2) is 9.97 Å². The summed E-state index contributed by atoms with van der Waals surface area (Å²) in [7, 11) is 3.10. The van der Waals surface area contributed by atoms with E-state index >= 15 is 0 Å². The third-order valence-electron chi connectivity index (χ3n) is 4.05. The fourth-order valence-corrected chi connectivity index (χ4v) is 2.60. The Hall–Kier alpha value is -3.61. The van der Waals surface area contributed by atoms with Crippen molar-refractivity contribution in [2.75, 3.05) is 24.9 Å². The van der Waals surface area contributed by atoms with Crippen molar-refractivity contribution >= 4 is 23.2 Å². The van der Waals surface area contributed by atoms with Crippen LogP contribution in [0.5, 0.6) is 11.5 Å². The van der Waals surface area contributed by atoms with Crippen molar-refractivity contribution in [3.63, 3.8) is 0 Å². The summed E-state index contributed by atoms with van der Waals surface area (Å²) in [4.78, 5) is 21.5. The zero-order valence-electron chi connectivity index (χ0n) is 16.2. The number of ether oxygens (including phenoxy) is 2. The number of nitrogens with one attached hydrogen (secondary N) is 2. The quantitative estimate of drug-likeness (QED) is 0.671. The number of carbonyl (C=O) groups excluding carboxylic acids is 1. The van der Waals surface area contributed by atoms with Gasteiger partial charge in [-0.1, -0.05) is 17.7 Å². The highest BCUT2D eigenvalue weighted by Crippen LogP contribution is 2.29. The van der Waals surface area contributed by atoms with Gasteiger partial charge in [-0.3, -0.25) is 4.79 Å². The molecule has 2 N–H and O–H groups in total. The van der Waals surface area contributed by atoms with Crippen LogP contribution in [0.1, 0.15) is 21.7 Å². The fraction of sp³-hybridized carbons (Fsp3) is 0.190. The van der Waals surface area contributed by atoms with Crippen LogP contribution in [0.2, 0.25) is 0 Å². The van der Waals surface area contributed by atoms with Gasteiger partial charge in [-0.15, -0.1) is 0 Å². The van der Waals surface area contributed by atoms with Gasteiger partial charge in [-0.05, 0) is 44.2 Å². The predicted molar refractivity (Wildman–Crippen MR) is 109 cm³/mol. The van der Waals surface area contributed by atoms with Crippen molar-refractivity contribution in [2.24, 2.45) is 0 Å². The highest BCUT2D eigenvalue weighted by atomic mass is 16.5. The molecule has 28 heavy (non-hydrogen) atoms. The van der Waals surface area contributed by atoms with Gasteiger partial charge in [0, 0.05) is 17.4 Å². The minimum atomic E-state index is -0.371. The van der Waals surface area contributed by atoms with Crippen molar-refractivity contribution in [1.82, 2.24) is 9.97 Å². The second-order valence-electron chi connectivity index (χ2n) is 6.23. The van der Waals surface area contributed by atoms with Crippen LogP contribution in [-0.4, -0.2) is 30.1 Å². The molecule has 0 aliphatic heterocycles.